The molecule has 0 saturated heterocycles. The first-order valence-electron chi connectivity index (χ1n) is 10.4. The third-order valence-corrected chi connectivity index (χ3v) is 4.74. The lowest BCUT2D eigenvalue weighted by atomic mass is 9.80. The number of anilines is 2. The first kappa shape index (κ1) is 24.6. The third-order valence-electron chi connectivity index (χ3n) is 4.74. The van der Waals surface area contributed by atoms with E-state index in [0.29, 0.717) is 35.1 Å². The van der Waals surface area contributed by atoms with Crippen LogP contribution in [0.3, 0.4) is 0 Å². The molecule has 0 saturated carbocycles. The topological polar surface area (TPSA) is 139 Å². The van der Waals surface area contributed by atoms with Gasteiger partial charge in [-0.2, -0.15) is 0 Å². The Morgan fingerprint density at radius 2 is 1.03 bits per heavy atom. The van der Waals surface area contributed by atoms with Crippen molar-refractivity contribution in [2.45, 2.75) is 44.9 Å². The first-order valence-corrected chi connectivity index (χ1v) is 10.4. The summed E-state index contributed by atoms with van der Waals surface area (Å²) in [5.41, 5.74) is 1.70. The van der Waals surface area contributed by atoms with Crippen molar-refractivity contribution < 1.29 is 29.7 Å². The van der Waals surface area contributed by atoms with Gasteiger partial charge in [-0.15, -0.1) is 0 Å². The van der Waals surface area contributed by atoms with Crippen LogP contribution in [0, 0.1) is 0 Å². The van der Waals surface area contributed by atoms with Gasteiger partial charge >= 0.3 is 14.2 Å². The highest BCUT2D eigenvalue weighted by Gasteiger charge is 2.12. The number of amides is 2. The minimum Gasteiger partial charge on any atom is -0.423 e. The minimum absolute atomic E-state index is 0.126. The second kappa shape index (κ2) is 12.9. The highest BCUT2D eigenvalue weighted by molar-refractivity contribution is 6.59. The molecule has 0 atom stereocenters. The van der Waals surface area contributed by atoms with Gasteiger partial charge in [0.05, 0.1) is 0 Å². The van der Waals surface area contributed by atoms with Crippen LogP contribution in [-0.4, -0.2) is 46.1 Å². The van der Waals surface area contributed by atoms with Crippen LogP contribution in [0.1, 0.15) is 44.9 Å². The Hall–Kier alpha value is -2.65. The van der Waals surface area contributed by atoms with E-state index in [9.17, 15) is 9.59 Å². The highest BCUT2D eigenvalue weighted by Crippen LogP contribution is 2.11. The molecule has 8 nitrogen and oxygen atoms in total. The summed E-state index contributed by atoms with van der Waals surface area (Å²) >= 11 is 0. The fraction of sp³-hybridized carbons (Fsp3) is 0.333. The Kier molecular flexibility index (Phi) is 10.3. The molecule has 0 unspecified atom stereocenters. The maximum Gasteiger partial charge on any atom is 0.488 e. The maximum atomic E-state index is 12.0. The van der Waals surface area contributed by atoms with Crippen molar-refractivity contribution >= 4 is 48.4 Å². The van der Waals surface area contributed by atoms with Gasteiger partial charge in [0, 0.05) is 24.2 Å². The van der Waals surface area contributed by atoms with Crippen LogP contribution in [0.25, 0.3) is 0 Å². The van der Waals surface area contributed by atoms with E-state index in [1.54, 1.807) is 36.4 Å². The Labute approximate surface area is 182 Å². The maximum absolute atomic E-state index is 12.0. The number of carbonyl (C=O) groups is 2. The van der Waals surface area contributed by atoms with Crippen LogP contribution in [0.4, 0.5) is 11.4 Å². The molecule has 31 heavy (non-hydrogen) atoms. The van der Waals surface area contributed by atoms with E-state index in [1.165, 1.54) is 12.1 Å². The van der Waals surface area contributed by atoms with Gasteiger partial charge in [0.15, 0.2) is 0 Å². The van der Waals surface area contributed by atoms with Gasteiger partial charge in [-0.25, -0.2) is 0 Å². The average molecular weight is 426 g/mol. The fourth-order valence-corrected chi connectivity index (χ4v) is 3.10. The zero-order chi connectivity index (χ0) is 22.6. The molecule has 2 amide bonds. The number of hydrogen-bond donors (Lipinski definition) is 6. The van der Waals surface area contributed by atoms with Gasteiger partial charge in [-0.1, -0.05) is 43.5 Å². The molecule has 0 aliphatic heterocycles. The van der Waals surface area contributed by atoms with E-state index in [2.05, 4.69) is 10.6 Å². The Morgan fingerprint density at radius 1 is 0.645 bits per heavy atom. The molecule has 10 heteroatoms. The number of benzene rings is 2. The number of hydrogen-bond acceptors (Lipinski definition) is 6. The smallest absolute Gasteiger partial charge is 0.423 e. The van der Waals surface area contributed by atoms with Crippen molar-refractivity contribution in [1.82, 2.24) is 0 Å². The number of rotatable bonds is 12. The van der Waals surface area contributed by atoms with Gasteiger partial charge in [-0.05, 0) is 48.0 Å². The molecule has 0 aliphatic rings. The van der Waals surface area contributed by atoms with E-state index in [-0.39, 0.29) is 11.8 Å². The minimum atomic E-state index is -1.57. The molecule has 0 radical (unpaired) electrons. The highest BCUT2D eigenvalue weighted by atomic mass is 16.4. The SMILES string of the molecule is O=C(CCCCCCCC(=O)Nc1cccc(B(O)O)c1)Nc1cccc(B(O)O)c1. The van der Waals surface area contributed by atoms with Crippen LogP contribution in [0.2, 0.25) is 0 Å². The predicted molar refractivity (Wildman–Crippen MR) is 122 cm³/mol. The summed E-state index contributed by atoms with van der Waals surface area (Å²) in [7, 11) is -3.14. The van der Waals surface area contributed by atoms with Crippen molar-refractivity contribution in [3.05, 3.63) is 48.5 Å². The summed E-state index contributed by atoms with van der Waals surface area (Å²) in [5, 5.41) is 42.1. The second-order valence-corrected chi connectivity index (χ2v) is 7.36. The van der Waals surface area contributed by atoms with Crippen molar-refractivity contribution in [1.29, 1.82) is 0 Å². The molecule has 0 aromatic heterocycles. The van der Waals surface area contributed by atoms with Crippen molar-refractivity contribution in [2.75, 3.05) is 10.6 Å². The standard InChI is InChI=1S/C21H28B2N2O6/c26-20(24-18-10-6-8-16(14-18)22(28)29)12-4-2-1-3-5-13-21(27)25-19-11-7-9-17(15-19)23(30)31/h6-11,14-15,28-31H,1-5,12-13H2,(H,24,26)(H,25,27). The Bertz CT molecular complexity index is 794. The molecule has 2 aromatic rings. The molecule has 0 aliphatic carbocycles. The monoisotopic (exact) mass is 426 g/mol. The molecule has 0 fully saturated rings. The lowest BCUT2D eigenvalue weighted by molar-refractivity contribution is -0.117. The van der Waals surface area contributed by atoms with Gasteiger partial charge in [0.2, 0.25) is 11.8 Å². The van der Waals surface area contributed by atoms with E-state index < -0.39 is 14.2 Å². The van der Waals surface area contributed by atoms with Crippen molar-refractivity contribution in [2.24, 2.45) is 0 Å². The lowest BCUT2D eigenvalue weighted by Gasteiger charge is -2.08. The molecule has 2 aromatic carbocycles. The zero-order valence-corrected chi connectivity index (χ0v) is 17.3. The summed E-state index contributed by atoms with van der Waals surface area (Å²) in [6.45, 7) is 0. The number of unbranched alkanes of at least 4 members (excludes halogenated alkanes) is 4. The summed E-state index contributed by atoms with van der Waals surface area (Å²) in [6, 6.07) is 12.9. The third kappa shape index (κ3) is 9.35. The number of nitrogens with one attached hydrogen (secondary N) is 2. The molecule has 164 valence electrons. The van der Waals surface area contributed by atoms with Crippen LogP contribution in [0.5, 0.6) is 0 Å². The largest absolute Gasteiger partial charge is 0.488 e. The molecule has 0 heterocycles. The molecular formula is C21H28B2N2O6. The van der Waals surface area contributed by atoms with Gasteiger partial charge < -0.3 is 30.7 Å². The molecule has 0 spiro atoms. The van der Waals surface area contributed by atoms with Gasteiger partial charge in [-0.3, -0.25) is 9.59 Å². The Morgan fingerprint density at radius 3 is 1.42 bits per heavy atom. The predicted octanol–water partition coefficient (Wildman–Crippen LogP) is 0.354. The second-order valence-electron chi connectivity index (χ2n) is 7.36. The summed E-state index contributed by atoms with van der Waals surface area (Å²) in [5.74, 6) is -0.252. The van der Waals surface area contributed by atoms with E-state index >= 15 is 0 Å². The van der Waals surface area contributed by atoms with Crippen molar-refractivity contribution in [3.8, 4) is 0 Å². The zero-order valence-electron chi connectivity index (χ0n) is 17.3. The van der Waals surface area contributed by atoms with Crippen LogP contribution in [0.15, 0.2) is 48.5 Å². The lowest BCUT2D eigenvalue weighted by Crippen LogP contribution is -2.30. The van der Waals surface area contributed by atoms with Gasteiger partial charge in [0.25, 0.3) is 0 Å². The Balaban J connectivity index is 1.56. The summed E-state index contributed by atoms with van der Waals surface area (Å²) in [6.07, 6.45) is 4.88. The van der Waals surface area contributed by atoms with Crippen LogP contribution in [-0.2, 0) is 9.59 Å². The van der Waals surface area contributed by atoms with E-state index in [1.807, 2.05) is 0 Å². The molecule has 2 rings (SSSR count). The quantitative estimate of drug-likeness (QED) is 0.214. The van der Waals surface area contributed by atoms with Gasteiger partial charge in [0.1, 0.15) is 0 Å². The average Bonchev–Trinajstić information content (AvgIpc) is 2.73. The summed E-state index contributed by atoms with van der Waals surface area (Å²) in [4.78, 5) is 24.0. The molecular weight excluding hydrogens is 398 g/mol. The van der Waals surface area contributed by atoms with E-state index in [0.717, 1.165) is 32.1 Å². The normalized spacial score (nSPS) is 10.5. The summed E-state index contributed by atoms with van der Waals surface area (Å²) < 4.78 is 0. The first-order chi connectivity index (χ1) is 14.8. The van der Waals surface area contributed by atoms with Crippen molar-refractivity contribution in [3.63, 3.8) is 0 Å². The van der Waals surface area contributed by atoms with E-state index in [4.69, 9.17) is 20.1 Å². The molecule has 6 N–H and O–H groups in total. The fourth-order valence-electron chi connectivity index (χ4n) is 3.10. The van der Waals surface area contributed by atoms with Crippen LogP contribution >= 0.6 is 0 Å². The van der Waals surface area contributed by atoms with Crippen LogP contribution < -0.4 is 21.6 Å². The number of carbonyl (C=O) groups excluding carboxylic acids is 2. The molecule has 0 bridgehead atoms.